The molecule has 0 unspecified atom stereocenters. The molecule has 1 aliphatic rings. The number of imide groups is 1. The smallest absolute Gasteiger partial charge is 0.294 e. The molecule has 2 aromatic carbocycles. The van der Waals surface area contributed by atoms with Crippen LogP contribution in [0.5, 0.6) is 17.2 Å². The van der Waals surface area contributed by atoms with Gasteiger partial charge in [-0.05, 0) is 80.6 Å². The Labute approximate surface area is 207 Å². The van der Waals surface area contributed by atoms with Crippen LogP contribution in [0.15, 0.2) is 41.3 Å². The molecule has 0 saturated carbocycles. The molecule has 1 fully saturated rings. The number of anilines is 1. The number of hydrogen-bond acceptors (Lipinski definition) is 7. The summed E-state index contributed by atoms with van der Waals surface area (Å²) in [5.41, 5.74) is 1.09. The van der Waals surface area contributed by atoms with E-state index in [0.717, 1.165) is 16.7 Å². The number of hydrogen-bond donors (Lipinski definition) is 1. The maximum Gasteiger partial charge on any atom is 0.294 e. The third-order valence-electron chi connectivity index (χ3n) is 4.53. The van der Waals surface area contributed by atoms with E-state index in [1.54, 1.807) is 36.4 Å². The minimum atomic E-state index is -0.561. The minimum absolute atomic E-state index is 0.109. The Kier molecular flexibility index (Phi) is 8.46. The van der Waals surface area contributed by atoms with Crippen LogP contribution in [0.2, 0.25) is 5.02 Å². The van der Waals surface area contributed by atoms with E-state index >= 15 is 0 Å². The molecule has 10 heteroatoms. The highest BCUT2D eigenvalue weighted by Gasteiger charge is 2.36. The van der Waals surface area contributed by atoms with Crippen LogP contribution >= 0.6 is 23.4 Å². The molecule has 180 valence electrons. The van der Waals surface area contributed by atoms with Gasteiger partial charge in [0.05, 0.1) is 29.7 Å². The first-order chi connectivity index (χ1) is 16.2. The summed E-state index contributed by atoms with van der Waals surface area (Å²) in [5.74, 6) is 0.427. The van der Waals surface area contributed by atoms with Crippen LogP contribution in [0.25, 0.3) is 6.08 Å². The summed E-state index contributed by atoms with van der Waals surface area (Å²) in [7, 11) is 1.49. The number of benzene rings is 2. The average Bonchev–Trinajstić information content (AvgIpc) is 3.04. The van der Waals surface area contributed by atoms with Gasteiger partial charge in [-0.3, -0.25) is 19.3 Å². The fourth-order valence-electron chi connectivity index (χ4n) is 3.11. The summed E-state index contributed by atoms with van der Waals surface area (Å²) in [6, 6.07) is 10.1. The van der Waals surface area contributed by atoms with Gasteiger partial charge in [0.25, 0.3) is 11.1 Å². The normalized spacial score (nSPS) is 14.6. The predicted molar refractivity (Wildman–Crippen MR) is 133 cm³/mol. The topological polar surface area (TPSA) is 94.2 Å². The van der Waals surface area contributed by atoms with Crippen LogP contribution in [-0.4, -0.2) is 48.3 Å². The monoisotopic (exact) mass is 504 g/mol. The van der Waals surface area contributed by atoms with Gasteiger partial charge >= 0.3 is 0 Å². The van der Waals surface area contributed by atoms with Crippen molar-refractivity contribution in [2.75, 3.05) is 25.6 Å². The lowest BCUT2D eigenvalue weighted by Crippen LogP contribution is -2.36. The zero-order valence-corrected chi connectivity index (χ0v) is 20.8. The summed E-state index contributed by atoms with van der Waals surface area (Å²) in [6.45, 7) is 5.74. The Morgan fingerprint density at radius 2 is 1.91 bits per heavy atom. The highest BCUT2D eigenvalue weighted by Crippen LogP contribution is 2.39. The van der Waals surface area contributed by atoms with E-state index in [1.807, 2.05) is 20.8 Å². The third kappa shape index (κ3) is 6.24. The van der Waals surface area contributed by atoms with E-state index in [9.17, 15) is 14.4 Å². The summed E-state index contributed by atoms with van der Waals surface area (Å²) in [6.07, 6.45) is 1.42. The number of ether oxygens (including phenoxy) is 3. The van der Waals surface area contributed by atoms with Gasteiger partial charge in [-0.25, -0.2) is 0 Å². The number of thioether (sulfide) groups is 1. The molecule has 0 atom stereocenters. The molecule has 3 rings (SSSR count). The zero-order valence-electron chi connectivity index (χ0n) is 19.2. The molecule has 0 bridgehead atoms. The lowest BCUT2D eigenvalue weighted by Gasteiger charge is -2.15. The summed E-state index contributed by atoms with van der Waals surface area (Å²) < 4.78 is 16.4. The first-order valence-corrected chi connectivity index (χ1v) is 11.7. The minimum Gasteiger partial charge on any atom is -0.494 e. The zero-order chi connectivity index (χ0) is 24.8. The highest BCUT2D eigenvalue weighted by molar-refractivity contribution is 8.18. The number of carbonyl (C=O) groups excluding carboxylic acids is 3. The van der Waals surface area contributed by atoms with Gasteiger partial charge in [-0.15, -0.1) is 0 Å². The molecule has 1 saturated heterocycles. The standard InChI is InChI=1S/C24H25ClN2O6S/c1-5-32-17-8-6-16(7-9-17)26-21(28)13-27-23(29)20(34-24(27)30)12-15-10-18(25)22(33-14(2)3)19(11-15)31-4/h6-12,14H,5,13H2,1-4H3,(H,26,28)/b20-12+. The van der Waals surface area contributed by atoms with Crippen molar-refractivity contribution in [3.63, 3.8) is 0 Å². The summed E-state index contributed by atoms with van der Waals surface area (Å²) in [5, 5.41) is 2.45. The van der Waals surface area contributed by atoms with E-state index in [2.05, 4.69) is 5.32 Å². The largest absolute Gasteiger partial charge is 0.494 e. The number of carbonyl (C=O) groups is 3. The summed E-state index contributed by atoms with van der Waals surface area (Å²) in [4.78, 5) is 38.7. The number of nitrogens with one attached hydrogen (secondary N) is 1. The van der Waals surface area contributed by atoms with E-state index in [1.165, 1.54) is 13.2 Å². The number of methoxy groups -OCH3 is 1. The van der Waals surface area contributed by atoms with Gasteiger partial charge in [0.2, 0.25) is 5.91 Å². The van der Waals surface area contributed by atoms with Crippen LogP contribution in [0, 0.1) is 0 Å². The van der Waals surface area contributed by atoms with E-state index < -0.39 is 23.6 Å². The van der Waals surface area contributed by atoms with Crippen molar-refractivity contribution in [3.8, 4) is 17.2 Å². The molecule has 0 aromatic heterocycles. The van der Waals surface area contributed by atoms with Crippen molar-refractivity contribution >= 4 is 52.2 Å². The van der Waals surface area contributed by atoms with Gasteiger partial charge in [0.15, 0.2) is 11.5 Å². The molecule has 0 aliphatic carbocycles. The number of rotatable bonds is 9. The SMILES string of the molecule is CCOc1ccc(NC(=O)CN2C(=O)S/C(=C/c3cc(Cl)c(OC(C)C)c(OC)c3)C2=O)cc1. The molecule has 1 N–H and O–H groups in total. The van der Waals surface area contributed by atoms with E-state index in [-0.39, 0.29) is 11.0 Å². The fraction of sp³-hybridized carbons (Fsp3) is 0.292. The molecular weight excluding hydrogens is 480 g/mol. The Balaban J connectivity index is 1.71. The highest BCUT2D eigenvalue weighted by atomic mass is 35.5. The lowest BCUT2D eigenvalue weighted by molar-refractivity contribution is -0.127. The Morgan fingerprint density at radius 1 is 1.21 bits per heavy atom. The third-order valence-corrected chi connectivity index (χ3v) is 5.72. The van der Waals surface area contributed by atoms with Gasteiger partial charge in [0.1, 0.15) is 12.3 Å². The number of nitrogens with zero attached hydrogens (tertiary/aromatic N) is 1. The van der Waals surface area contributed by atoms with Crippen molar-refractivity contribution < 1.29 is 28.6 Å². The van der Waals surface area contributed by atoms with Gasteiger partial charge in [-0.2, -0.15) is 0 Å². The molecule has 2 aromatic rings. The maximum absolute atomic E-state index is 12.8. The molecule has 1 aliphatic heterocycles. The predicted octanol–water partition coefficient (Wildman–Crippen LogP) is 5.21. The second-order valence-corrected chi connectivity index (χ2v) is 8.87. The molecule has 8 nitrogen and oxygen atoms in total. The van der Waals surface area contributed by atoms with Crippen LogP contribution in [0.1, 0.15) is 26.3 Å². The number of halogens is 1. The van der Waals surface area contributed by atoms with Crippen LogP contribution in [-0.2, 0) is 9.59 Å². The molecular formula is C24H25ClN2O6S. The Morgan fingerprint density at radius 3 is 2.53 bits per heavy atom. The van der Waals surface area contributed by atoms with Crippen molar-refractivity contribution in [3.05, 3.63) is 51.9 Å². The first kappa shape index (κ1) is 25.5. The van der Waals surface area contributed by atoms with Crippen molar-refractivity contribution in [1.29, 1.82) is 0 Å². The molecule has 34 heavy (non-hydrogen) atoms. The fourth-order valence-corrected chi connectivity index (χ4v) is 4.21. The van der Waals surface area contributed by atoms with Crippen molar-refractivity contribution in [2.24, 2.45) is 0 Å². The second-order valence-electron chi connectivity index (χ2n) is 7.47. The van der Waals surface area contributed by atoms with E-state index in [4.69, 9.17) is 25.8 Å². The summed E-state index contributed by atoms with van der Waals surface area (Å²) >= 11 is 7.10. The van der Waals surface area contributed by atoms with Crippen LogP contribution in [0.3, 0.4) is 0 Å². The first-order valence-electron chi connectivity index (χ1n) is 10.5. The lowest BCUT2D eigenvalue weighted by atomic mass is 10.1. The molecule has 0 spiro atoms. The second kappa shape index (κ2) is 11.3. The number of amides is 3. The molecule has 3 amide bonds. The Hall–Kier alpha value is -3.17. The van der Waals surface area contributed by atoms with Gasteiger partial charge in [-0.1, -0.05) is 11.6 Å². The van der Waals surface area contributed by atoms with Crippen molar-refractivity contribution in [1.82, 2.24) is 4.90 Å². The van der Waals surface area contributed by atoms with Crippen LogP contribution in [0.4, 0.5) is 10.5 Å². The van der Waals surface area contributed by atoms with E-state index in [0.29, 0.717) is 40.1 Å². The van der Waals surface area contributed by atoms with Crippen molar-refractivity contribution in [2.45, 2.75) is 26.9 Å². The van der Waals surface area contributed by atoms with Gasteiger partial charge in [0, 0.05) is 5.69 Å². The molecule has 1 heterocycles. The van der Waals surface area contributed by atoms with Gasteiger partial charge < -0.3 is 19.5 Å². The van der Waals surface area contributed by atoms with Crippen LogP contribution < -0.4 is 19.5 Å². The quantitative estimate of drug-likeness (QED) is 0.468. The average molecular weight is 505 g/mol. The Bertz CT molecular complexity index is 1120. The molecule has 0 radical (unpaired) electrons. The maximum atomic E-state index is 12.8.